The molecule has 2 aliphatic rings. The van der Waals surface area contributed by atoms with Crippen LogP contribution in [0.1, 0.15) is 32.1 Å². The summed E-state index contributed by atoms with van der Waals surface area (Å²) in [7, 11) is 3.58. The number of hydrogen-bond acceptors (Lipinski definition) is 4. The Labute approximate surface area is 178 Å². The summed E-state index contributed by atoms with van der Waals surface area (Å²) < 4.78 is 0. The second kappa shape index (κ2) is 9.99. The molecule has 1 N–H and O–H groups in total. The Hall–Kier alpha value is -1.24. The molecule has 6 nitrogen and oxygen atoms in total. The molecule has 1 saturated heterocycles. The smallest absolute Gasteiger partial charge is 0.317 e. The van der Waals surface area contributed by atoms with Crippen molar-refractivity contribution in [2.45, 2.75) is 38.1 Å². The Kier molecular flexibility index (Phi) is 7.66. The molecule has 1 aliphatic heterocycles. The number of amides is 2. The molecule has 8 heteroatoms. The zero-order chi connectivity index (χ0) is 20.1. The van der Waals surface area contributed by atoms with Gasteiger partial charge in [-0.2, -0.15) is 0 Å². The number of anilines is 1. The molecule has 1 aliphatic carbocycles. The molecule has 0 bridgehead atoms. The average Bonchev–Trinajstić information content (AvgIpc) is 2.69. The molecular weight excluding hydrogens is 397 g/mol. The van der Waals surface area contributed by atoms with Gasteiger partial charge in [0.15, 0.2) is 0 Å². The van der Waals surface area contributed by atoms with E-state index >= 15 is 0 Å². The number of urea groups is 1. The molecular formula is C20H31Cl2N5O. The van der Waals surface area contributed by atoms with Crippen LogP contribution in [0.25, 0.3) is 0 Å². The van der Waals surface area contributed by atoms with Crippen molar-refractivity contribution in [3.05, 3.63) is 22.4 Å². The Bertz CT molecular complexity index is 656. The first-order chi connectivity index (χ1) is 13.4. The lowest BCUT2D eigenvalue weighted by molar-refractivity contribution is 0.194. The molecule has 156 valence electrons. The molecule has 2 fully saturated rings. The van der Waals surface area contributed by atoms with Crippen LogP contribution in [-0.2, 0) is 0 Å². The molecule has 0 aromatic carbocycles. The molecule has 3 rings (SSSR count). The van der Waals surface area contributed by atoms with Gasteiger partial charge >= 0.3 is 6.03 Å². The molecule has 1 aromatic heterocycles. The molecule has 2 heterocycles. The average molecular weight is 428 g/mol. The Morgan fingerprint density at radius 3 is 2.50 bits per heavy atom. The minimum atomic E-state index is 0.0249. The number of piperazine rings is 1. The number of nitrogens with one attached hydrogen (secondary N) is 1. The van der Waals surface area contributed by atoms with Crippen molar-refractivity contribution in [1.82, 2.24) is 20.1 Å². The van der Waals surface area contributed by atoms with E-state index in [0.29, 0.717) is 16.2 Å². The normalized spacial score (nSPS) is 23.5. The number of nitrogens with zero attached hydrogens (tertiary/aromatic N) is 4. The Morgan fingerprint density at radius 2 is 1.86 bits per heavy atom. The molecule has 1 aromatic rings. The van der Waals surface area contributed by atoms with E-state index in [0.717, 1.165) is 57.2 Å². The molecule has 2 amide bonds. The third kappa shape index (κ3) is 5.88. The van der Waals surface area contributed by atoms with Crippen LogP contribution in [0.3, 0.4) is 0 Å². The maximum Gasteiger partial charge on any atom is 0.317 e. The number of rotatable bonds is 5. The first-order valence-corrected chi connectivity index (χ1v) is 10.9. The van der Waals surface area contributed by atoms with Gasteiger partial charge in [0.2, 0.25) is 0 Å². The standard InChI is InChI=1S/C20H31Cl2N5O/c1-25(2)20(28)24-16-5-3-15(4-6-16)7-8-26-9-11-27(12-10-26)18-13-19(22)23-14-17(18)21/h13-16H,3-12H2,1-2H3,(H,24,28)/t15-,16-. The van der Waals surface area contributed by atoms with Gasteiger partial charge in [-0.15, -0.1) is 0 Å². The number of carbonyl (C=O) groups is 1. The largest absolute Gasteiger partial charge is 0.368 e. The summed E-state index contributed by atoms with van der Waals surface area (Å²) in [5.74, 6) is 0.777. The highest BCUT2D eigenvalue weighted by molar-refractivity contribution is 6.34. The van der Waals surface area contributed by atoms with E-state index in [4.69, 9.17) is 23.2 Å². The molecule has 1 saturated carbocycles. The lowest BCUT2D eigenvalue weighted by Gasteiger charge is -2.37. The van der Waals surface area contributed by atoms with Gasteiger partial charge in [-0.05, 0) is 44.6 Å². The van der Waals surface area contributed by atoms with Crippen LogP contribution in [0.15, 0.2) is 12.3 Å². The third-order valence-electron chi connectivity index (χ3n) is 5.95. The van der Waals surface area contributed by atoms with E-state index in [2.05, 4.69) is 20.1 Å². The highest BCUT2D eigenvalue weighted by atomic mass is 35.5. The first-order valence-electron chi connectivity index (χ1n) is 10.2. The van der Waals surface area contributed by atoms with Crippen LogP contribution < -0.4 is 10.2 Å². The lowest BCUT2D eigenvalue weighted by atomic mass is 9.84. The van der Waals surface area contributed by atoms with E-state index in [1.54, 1.807) is 25.2 Å². The summed E-state index contributed by atoms with van der Waals surface area (Å²) in [6.45, 7) is 5.17. The van der Waals surface area contributed by atoms with Gasteiger partial charge < -0.3 is 15.1 Å². The van der Waals surface area contributed by atoms with Gasteiger partial charge in [0.1, 0.15) is 5.15 Å². The minimum Gasteiger partial charge on any atom is -0.368 e. The quantitative estimate of drug-likeness (QED) is 0.727. The molecule has 0 unspecified atom stereocenters. The molecule has 0 spiro atoms. The van der Waals surface area contributed by atoms with E-state index < -0.39 is 0 Å². The summed E-state index contributed by atoms with van der Waals surface area (Å²) in [4.78, 5) is 22.3. The second-order valence-electron chi connectivity index (χ2n) is 8.14. The minimum absolute atomic E-state index is 0.0249. The van der Waals surface area contributed by atoms with E-state index in [-0.39, 0.29) is 6.03 Å². The van der Waals surface area contributed by atoms with Gasteiger partial charge in [-0.25, -0.2) is 9.78 Å². The fraction of sp³-hybridized carbons (Fsp3) is 0.700. The van der Waals surface area contributed by atoms with Crippen LogP contribution in [0, 0.1) is 5.92 Å². The monoisotopic (exact) mass is 427 g/mol. The Balaban J connectivity index is 1.36. The maximum absolute atomic E-state index is 11.8. The van der Waals surface area contributed by atoms with Crippen LogP contribution in [0.2, 0.25) is 10.2 Å². The van der Waals surface area contributed by atoms with Gasteiger partial charge in [0.05, 0.1) is 10.7 Å². The van der Waals surface area contributed by atoms with Gasteiger partial charge in [0.25, 0.3) is 0 Å². The number of carbonyl (C=O) groups excluding carboxylic acids is 1. The van der Waals surface area contributed by atoms with Crippen LogP contribution >= 0.6 is 23.2 Å². The van der Waals surface area contributed by atoms with Crippen molar-refractivity contribution >= 4 is 34.9 Å². The van der Waals surface area contributed by atoms with Crippen molar-refractivity contribution in [3.8, 4) is 0 Å². The van der Waals surface area contributed by atoms with Gasteiger partial charge in [-0.1, -0.05) is 23.2 Å². The van der Waals surface area contributed by atoms with Crippen molar-refractivity contribution in [3.63, 3.8) is 0 Å². The van der Waals surface area contributed by atoms with E-state index in [1.807, 2.05) is 6.07 Å². The number of halogens is 2. The SMILES string of the molecule is CN(C)C(=O)N[C@H]1CC[C@H](CCN2CCN(c3cc(Cl)ncc3Cl)CC2)CC1. The first kappa shape index (κ1) is 21.5. The third-order valence-corrected chi connectivity index (χ3v) is 6.45. The fourth-order valence-electron chi connectivity index (χ4n) is 4.12. The van der Waals surface area contributed by atoms with Crippen molar-refractivity contribution in [2.75, 3.05) is 51.7 Å². The van der Waals surface area contributed by atoms with E-state index in [9.17, 15) is 4.79 Å². The zero-order valence-electron chi connectivity index (χ0n) is 16.8. The number of pyridine rings is 1. The van der Waals surface area contributed by atoms with Crippen molar-refractivity contribution in [1.29, 1.82) is 0 Å². The van der Waals surface area contributed by atoms with E-state index in [1.165, 1.54) is 19.3 Å². The van der Waals surface area contributed by atoms with Crippen molar-refractivity contribution in [2.24, 2.45) is 5.92 Å². The lowest BCUT2D eigenvalue weighted by Crippen LogP contribution is -2.47. The highest BCUT2D eigenvalue weighted by Crippen LogP contribution is 2.29. The van der Waals surface area contributed by atoms with Crippen LogP contribution in [-0.4, -0.2) is 73.7 Å². The molecule has 0 atom stereocenters. The topological polar surface area (TPSA) is 51.7 Å². The maximum atomic E-state index is 11.8. The summed E-state index contributed by atoms with van der Waals surface area (Å²) in [5.41, 5.74) is 0.986. The summed E-state index contributed by atoms with van der Waals surface area (Å²) in [6.07, 6.45) is 7.49. The number of aromatic nitrogens is 1. The second-order valence-corrected chi connectivity index (χ2v) is 8.93. The summed E-state index contributed by atoms with van der Waals surface area (Å²) in [6, 6.07) is 2.22. The van der Waals surface area contributed by atoms with Crippen LogP contribution in [0.4, 0.5) is 10.5 Å². The predicted octanol–water partition coefficient (Wildman–Crippen LogP) is 3.73. The summed E-state index contributed by atoms with van der Waals surface area (Å²) >= 11 is 12.3. The van der Waals surface area contributed by atoms with Crippen molar-refractivity contribution < 1.29 is 4.79 Å². The molecule has 0 radical (unpaired) electrons. The predicted molar refractivity (Wildman–Crippen MR) is 115 cm³/mol. The van der Waals surface area contributed by atoms with Gasteiger partial charge in [-0.3, -0.25) is 4.90 Å². The Morgan fingerprint density at radius 1 is 1.18 bits per heavy atom. The number of hydrogen-bond donors (Lipinski definition) is 1. The van der Waals surface area contributed by atoms with Gasteiger partial charge in [0, 0.05) is 58.6 Å². The fourth-order valence-corrected chi connectivity index (χ4v) is 4.50. The zero-order valence-corrected chi connectivity index (χ0v) is 18.3. The molecule has 28 heavy (non-hydrogen) atoms. The van der Waals surface area contributed by atoms with Crippen LogP contribution in [0.5, 0.6) is 0 Å². The summed E-state index contributed by atoms with van der Waals surface area (Å²) in [5, 5.41) is 4.27. The highest BCUT2D eigenvalue weighted by Gasteiger charge is 2.24.